The van der Waals surface area contributed by atoms with Gasteiger partial charge in [0.1, 0.15) is 0 Å². The first-order valence-electron chi connectivity index (χ1n) is 9.40. The maximum absolute atomic E-state index is 6.08. The largest absolute Gasteiger partial charge is 0.381 e. The zero-order chi connectivity index (χ0) is 17.1. The van der Waals surface area contributed by atoms with Crippen LogP contribution in [0.25, 0.3) is 10.2 Å². The monoisotopic (exact) mass is 379 g/mol. The van der Waals surface area contributed by atoms with Crippen LogP contribution in [0.5, 0.6) is 0 Å². The number of rotatable bonds is 6. The Morgan fingerprint density at radius 1 is 1.28 bits per heavy atom. The van der Waals surface area contributed by atoms with Gasteiger partial charge in [-0.2, -0.15) is 0 Å². The van der Waals surface area contributed by atoms with Gasteiger partial charge in [0.25, 0.3) is 0 Å². The molecule has 6 heteroatoms. The molecule has 3 heterocycles. The van der Waals surface area contributed by atoms with E-state index in [1.165, 1.54) is 36.8 Å². The molecule has 0 spiro atoms. The number of ether oxygens (including phenoxy) is 1. The highest BCUT2D eigenvalue weighted by atomic mass is 35.5. The normalized spacial score (nSPS) is 22.1. The van der Waals surface area contributed by atoms with Crippen LogP contribution in [0.15, 0.2) is 18.2 Å². The fourth-order valence-corrected chi connectivity index (χ4v) is 5.10. The Kier molecular flexibility index (Phi) is 5.76. The minimum atomic E-state index is 0.653. The van der Waals surface area contributed by atoms with Crippen LogP contribution < -0.4 is 10.2 Å². The number of aromatic nitrogens is 1. The SMILES string of the molecule is Clc1ccc2nc(N3CCC(NCCC[C@@H]4CCOC4)CC3)sc2c1. The van der Waals surface area contributed by atoms with E-state index in [9.17, 15) is 0 Å². The number of benzene rings is 1. The summed E-state index contributed by atoms with van der Waals surface area (Å²) in [4.78, 5) is 7.20. The quantitative estimate of drug-likeness (QED) is 0.758. The van der Waals surface area contributed by atoms with Crippen molar-refractivity contribution in [3.05, 3.63) is 23.2 Å². The van der Waals surface area contributed by atoms with E-state index in [1.54, 1.807) is 11.3 Å². The van der Waals surface area contributed by atoms with Gasteiger partial charge in [0, 0.05) is 37.4 Å². The van der Waals surface area contributed by atoms with Gasteiger partial charge >= 0.3 is 0 Å². The summed E-state index contributed by atoms with van der Waals surface area (Å²) >= 11 is 7.84. The van der Waals surface area contributed by atoms with Gasteiger partial charge in [-0.05, 0) is 62.8 Å². The lowest BCUT2D eigenvalue weighted by Crippen LogP contribution is -2.42. The van der Waals surface area contributed by atoms with Gasteiger partial charge in [-0.15, -0.1) is 0 Å². The summed E-state index contributed by atoms with van der Waals surface area (Å²) in [5.41, 5.74) is 1.06. The molecule has 4 nitrogen and oxygen atoms in total. The third-order valence-corrected chi connectivity index (χ3v) is 6.66. The second-order valence-electron chi connectivity index (χ2n) is 7.20. The Bertz CT molecular complexity index is 693. The Labute approximate surface area is 158 Å². The third kappa shape index (κ3) is 4.45. The predicted molar refractivity (Wildman–Crippen MR) is 106 cm³/mol. The van der Waals surface area contributed by atoms with Gasteiger partial charge in [0.2, 0.25) is 0 Å². The zero-order valence-corrected chi connectivity index (χ0v) is 16.1. The molecule has 2 aliphatic heterocycles. The van der Waals surface area contributed by atoms with Crippen molar-refractivity contribution in [2.45, 2.75) is 38.1 Å². The molecule has 1 aromatic carbocycles. The average Bonchev–Trinajstić information content (AvgIpc) is 3.28. The third-order valence-electron chi connectivity index (χ3n) is 5.35. The van der Waals surface area contributed by atoms with E-state index in [-0.39, 0.29) is 0 Å². The first kappa shape index (κ1) is 17.5. The van der Waals surface area contributed by atoms with Crippen LogP contribution in [-0.2, 0) is 4.74 Å². The number of thiazole rings is 1. The van der Waals surface area contributed by atoms with Crippen LogP contribution in [-0.4, -0.2) is 43.9 Å². The van der Waals surface area contributed by atoms with Crippen molar-refractivity contribution in [3.8, 4) is 0 Å². The lowest BCUT2D eigenvalue weighted by molar-refractivity contribution is 0.183. The molecule has 136 valence electrons. The molecule has 4 rings (SSSR count). The van der Waals surface area contributed by atoms with E-state index in [4.69, 9.17) is 21.3 Å². The highest BCUT2D eigenvalue weighted by Gasteiger charge is 2.21. The van der Waals surface area contributed by atoms with Crippen molar-refractivity contribution in [1.82, 2.24) is 10.3 Å². The van der Waals surface area contributed by atoms with E-state index >= 15 is 0 Å². The van der Waals surface area contributed by atoms with Crippen molar-refractivity contribution in [2.75, 3.05) is 37.7 Å². The highest BCUT2D eigenvalue weighted by Crippen LogP contribution is 2.32. The Morgan fingerprint density at radius 3 is 2.96 bits per heavy atom. The van der Waals surface area contributed by atoms with E-state index in [0.717, 1.165) is 54.4 Å². The first-order chi connectivity index (χ1) is 12.3. The van der Waals surface area contributed by atoms with Gasteiger partial charge in [0.15, 0.2) is 5.13 Å². The standard InChI is InChI=1S/C19H26ClN3OS/c20-15-3-4-17-18(12-15)25-19(22-17)23-9-5-16(6-10-23)21-8-1-2-14-7-11-24-13-14/h3-4,12,14,16,21H,1-2,5-11,13H2/t14-/m1/s1. The molecule has 1 aromatic heterocycles. The van der Waals surface area contributed by atoms with Gasteiger partial charge in [-0.25, -0.2) is 4.98 Å². The minimum absolute atomic E-state index is 0.653. The maximum Gasteiger partial charge on any atom is 0.186 e. The molecule has 0 amide bonds. The van der Waals surface area contributed by atoms with Crippen LogP contribution in [0.3, 0.4) is 0 Å². The molecular weight excluding hydrogens is 354 g/mol. The lowest BCUT2D eigenvalue weighted by atomic mass is 10.0. The smallest absolute Gasteiger partial charge is 0.186 e. The van der Waals surface area contributed by atoms with Crippen molar-refractivity contribution < 1.29 is 4.74 Å². The fraction of sp³-hybridized carbons (Fsp3) is 0.632. The summed E-state index contributed by atoms with van der Waals surface area (Å²) in [6.07, 6.45) is 6.23. The van der Waals surface area contributed by atoms with Gasteiger partial charge < -0.3 is 15.0 Å². The predicted octanol–water partition coefficient (Wildman–Crippen LogP) is 4.32. The van der Waals surface area contributed by atoms with E-state index in [2.05, 4.69) is 10.2 Å². The Balaban J connectivity index is 1.22. The van der Waals surface area contributed by atoms with E-state index in [0.29, 0.717) is 6.04 Å². The topological polar surface area (TPSA) is 37.4 Å². The molecule has 2 aromatic rings. The summed E-state index contributed by atoms with van der Waals surface area (Å²) in [6.45, 7) is 5.25. The maximum atomic E-state index is 6.08. The average molecular weight is 380 g/mol. The summed E-state index contributed by atoms with van der Waals surface area (Å²) in [6, 6.07) is 6.60. The molecule has 25 heavy (non-hydrogen) atoms. The molecule has 0 saturated carbocycles. The number of hydrogen-bond donors (Lipinski definition) is 1. The molecule has 0 aliphatic carbocycles. The molecule has 1 N–H and O–H groups in total. The van der Waals surface area contributed by atoms with Crippen LogP contribution >= 0.6 is 22.9 Å². The first-order valence-corrected chi connectivity index (χ1v) is 10.6. The summed E-state index contributed by atoms with van der Waals surface area (Å²) in [5, 5.41) is 5.67. The minimum Gasteiger partial charge on any atom is -0.381 e. The highest BCUT2D eigenvalue weighted by molar-refractivity contribution is 7.22. The second kappa shape index (κ2) is 8.21. The molecule has 0 bridgehead atoms. The zero-order valence-electron chi connectivity index (χ0n) is 14.5. The summed E-state index contributed by atoms with van der Waals surface area (Å²) in [5.74, 6) is 0.802. The second-order valence-corrected chi connectivity index (χ2v) is 8.64. The van der Waals surface area contributed by atoms with Crippen molar-refractivity contribution in [3.63, 3.8) is 0 Å². The van der Waals surface area contributed by atoms with E-state index in [1.807, 2.05) is 18.2 Å². The Hall–Kier alpha value is -0.880. The van der Waals surface area contributed by atoms with Gasteiger partial charge in [-0.3, -0.25) is 0 Å². The van der Waals surface area contributed by atoms with Crippen LogP contribution in [0.4, 0.5) is 5.13 Å². The van der Waals surface area contributed by atoms with Crippen molar-refractivity contribution in [2.24, 2.45) is 5.92 Å². The number of fused-ring (bicyclic) bond motifs is 1. The lowest BCUT2D eigenvalue weighted by Gasteiger charge is -2.32. The molecule has 2 aliphatic rings. The van der Waals surface area contributed by atoms with Crippen LogP contribution in [0.2, 0.25) is 5.02 Å². The van der Waals surface area contributed by atoms with Crippen LogP contribution in [0, 0.1) is 5.92 Å². The van der Waals surface area contributed by atoms with Crippen LogP contribution in [0.1, 0.15) is 32.1 Å². The molecule has 0 radical (unpaired) electrons. The molecule has 2 fully saturated rings. The number of piperidine rings is 1. The number of nitrogens with one attached hydrogen (secondary N) is 1. The molecular formula is C19H26ClN3OS. The molecule has 1 atom stereocenters. The fourth-order valence-electron chi connectivity index (χ4n) is 3.80. The molecule has 0 unspecified atom stereocenters. The Morgan fingerprint density at radius 2 is 2.16 bits per heavy atom. The number of nitrogens with zero attached hydrogens (tertiary/aromatic N) is 2. The van der Waals surface area contributed by atoms with Crippen molar-refractivity contribution >= 4 is 38.3 Å². The van der Waals surface area contributed by atoms with E-state index < -0.39 is 0 Å². The number of anilines is 1. The van der Waals surface area contributed by atoms with Crippen molar-refractivity contribution in [1.29, 1.82) is 0 Å². The number of hydrogen-bond acceptors (Lipinski definition) is 5. The number of halogens is 1. The van der Waals surface area contributed by atoms with Gasteiger partial charge in [0.05, 0.1) is 10.2 Å². The molecule has 2 saturated heterocycles. The summed E-state index contributed by atoms with van der Waals surface area (Å²) in [7, 11) is 0. The summed E-state index contributed by atoms with van der Waals surface area (Å²) < 4.78 is 6.63. The van der Waals surface area contributed by atoms with Gasteiger partial charge in [-0.1, -0.05) is 22.9 Å².